The van der Waals surface area contributed by atoms with Crippen molar-refractivity contribution in [3.05, 3.63) is 29.6 Å². The van der Waals surface area contributed by atoms with Crippen molar-refractivity contribution in [2.24, 2.45) is 0 Å². The van der Waals surface area contributed by atoms with Crippen LogP contribution in [0.5, 0.6) is 5.75 Å². The molecule has 0 fully saturated rings. The van der Waals surface area contributed by atoms with E-state index >= 15 is 0 Å². The zero-order valence-corrected chi connectivity index (χ0v) is 11.8. The summed E-state index contributed by atoms with van der Waals surface area (Å²) in [6, 6.07) is 4.60. The highest BCUT2D eigenvalue weighted by molar-refractivity contribution is 7.84. The Morgan fingerprint density at radius 2 is 2.22 bits per heavy atom. The summed E-state index contributed by atoms with van der Waals surface area (Å²) in [5.41, 5.74) is 0.516. The van der Waals surface area contributed by atoms with Crippen LogP contribution in [0.15, 0.2) is 18.2 Å². The Morgan fingerprint density at radius 3 is 2.83 bits per heavy atom. The van der Waals surface area contributed by atoms with Crippen molar-refractivity contribution in [2.45, 2.75) is 19.9 Å². The highest BCUT2D eigenvalue weighted by Gasteiger charge is 2.15. The second-order valence-corrected chi connectivity index (χ2v) is 5.83. The molecule has 0 aliphatic rings. The van der Waals surface area contributed by atoms with Crippen LogP contribution in [0.25, 0.3) is 0 Å². The van der Waals surface area contributed by atoms with Crippen molar-refractivity contribution in [3.8, 4) is 5.75 Å². The largest absolute Gasteiger partial charge is 0.496 e. The van der Waals surface area contributed by atoms with Gasteiger partial charge in [0.15, 0.2) is 0 Å². The van der Waals surface area contributed by atoms with E-state index in [1.807, 2.05) is 13.8 Å². The molecule has 0 saturated carbocycles. The molecule has 102 valence electrons. The fraction of sp³-hybridized carbons (Fsp3) is 0.538. The highest BCUT2D eigenvalue weighted by atomic mass is 32.2. The number of halogens is 1. The number of hydrogen-bond acceptors (Lipinski definition) is 3. The van der Waals surface area contributed by atoms with Gasteiger partial charge in [-0.25, -0.2) is 4.39 Å². The molecule has 0 radical (unpaired) electrons. The SMILES string of the molecule is CCS(=O)CCNC(C)c1c(F)cccc1OC. The molecule has 0 spiro atoms. The van der Waals surface area contributed by atoms with Gasteiger partial charge in [-0.2, -0.15) is 0 Å². The summed E-state index contributed by atoms with van der Waals surface area (Å²) < 4.78 is 30.2. The molecule has 0 saturated heterocycles. The number of ether oxygens (including phenoxy) is 1. The van der Waals surface area contributed by atoms with Crippen LogP contribution in [0, 0.1) is 5.82 Å². The zero-order valence-electron chi connectivity index (χ0n) is 11.0. The third-order valence-corrected chi connectivity index (χ3v) is 4.07. The van der Waals surface area contributed by atoms with Gasteiger partial charge in [0, 0.05) is 40.5 Å². The predicted octanol–water partition coefficient (Wildman–Crippen LogP) is 2.25. The minimum absolute atomic E-state index is 0.171. The van der Waals surface area contributed by atoms with E-state index in [1.54, 1.807) is 12.1 Å². The molecular weight excluding hydrogens is 253 g/mol. The molecule has 1 aromatic rings. The van der Waals surface area contributed by atoms with E-state index in [4.69, 9.17) is 4.74 Å². The second-order valence-electron chi connectivity index (χ2n) is 3.96. The van der Waals surface area contributed by atoms with Gasteiger partial charge in [-0.15, -0.1) is 0 Å². The third-order valence-electron chi connectivity index (χ3n) is 2.77. The zero-order chi connectivity index (χ0) is 13.5. The standard InChI is InChI=1S/C13H20FNO2S/c1-4-18(16)9-8-15-10(2)13-11(14)6-5-7-12(13)17-3/h5-7,10,15H,4,8-9H2,1-3H3. The highest BCUT2D eigenvalue weighted by Crippen LogP contribution is 2.27. The van der Waals surface area contributed by atoms with Crippen molar-refractivity contribution in [3.63, 3.8) is 0 Å². The van der Waals surface area contributed by atoms with Gasteiger partial charge in [-0.05, 0) is 19.1 Å². The first kappa shape index (κ1) is 15.1. The minimum Gasteiger partial charge on any atom is -0.496 e. The van der Waals surface area contributed by atoms with Crippen LogP contribution >= 0.6 is 0 Å². The molecule has 2 unspecified atom stereocenters. The first-order valence-electron chi connectivity index (χ1n) is 6.00. The molecule has 5 heteroatoms. The molecule has 0 aromatic heterocycles. The smallest absolute Gasteiger partial charge is 0.131 e. The Hall–Kier alpha value is -0.940. The van der Waals surface area contributed by atoms with Crippen molar-refractivity contribution in [1.82, 2.24) is 5.32 Å². The van der Waals surface area contributed by atoms with E-state index in [2.05, 4.69) is 5.32 Å². The first-order chi connectivity index (χ1) is 8.60. The predicted molar refractivity (Wildman–Crippen MR) is 72.9 cm³/mol. The molecule has 2 atom stereocenters. The lowest BCUT2D eigenvalue weighted by Gasteiger charge is -2.17. The van der Waals surface area contributed by atoms with E-state index in [0.717, 1.165) is 0 Å². The maximum absolute atomic E-state index is 13.8. The average Bonchev–Trinajstić information content (AvgIpc) is 2.37. The topological polar surface area (TPSA) is 38.3 Å². The van der Waals surface area contributed by atoms with E-state index < -0.39 is 10.8 Å². The number of rotatable bonds is 7. The molecule has 1 N–H and O–H groups in total. The minimum atomic E-state index is -0.800. The first-order valence-corrected chi connectivity index (χ1v) is 7.49. The monoisotopic (exact) mass is 273 g/mol. The summed E-state index contributed by atoms with van der Waals surface area (Å²) in [7, 11) is 0.725. The lowest BCUT2D eigenvalue weighted by atomic mass is 10.1. The molecule has 0 bridgehead atoms. The number of benzene rings is 1. The molecule has 0 heterocycles. The van der Waals surface area contributed by atoms with Crippen LogP contribution in [0.1, 0.15) is 25.5 Å². The van der Waals surface area contributed by atoms with Crippen LogP contribution in [0.3, 0.4) is 0 Å². The fourth-order valence-corrected chi connectivity index (χ4v) is 2.39. The molecular formula is C13H20FNO2S. The maximum atomic E-state index is 13.8. The van der Waals surface area contributed by atoms with Crippen LogP contribution in [-0.2, 0) is 10.8 Å². The molecule has 0 aliphatic heterocycles. The van der Waals surface area contributed by atoms with Gasteiger partial charge in [0.25, 0.3) is 0 Å². The van der Waals surface area contributed by atoms with E-state index in [1.165, 1.54) is 13.2 Å². The summed E-state index contributed by atoms with van der Waals surface area (Å²) in [6.45, 7) is 4.36. The number of methoxy groups -OCH3 is 1. The quantitative estimate of drug-likeness (QED) is 0.828. The van der Waals surface area contributed by atoms with E-state index in [-0.39, 0.29) is 11.9 Å². The Labute approximate surface area is 110 Å². The summed E-state index contributed by atoms with van der Waals surface area (Å²) in [6.07, 6.45) is 0. The number of nitrogens with one attached hydrogen (secondary N) is 1. The maximum Gasteiger partial charge on any atom is 0.131 e. The van der Waals surface area contributed by atoms with Crippen molar-refractivity contribution < 1.29 is 13.3 Å². The van der Waals surface area contributed by atoms with Gasteiger partial charge in [-0.1, -0.05) is 13.0 Å². The van der Waals surface area contributed by atoms with Crippen molar-refractivity contribution in [1.29, 1.82) is 0 Å². The van der Waals surface area contributed by atoms with Crippen molar-refractivity contribution >= 4 is 10.8 Å². The third kappa shape index (κ3) is 4.07. The van der Waals surface area contributed by atoms with Crippen LogP contribution in [-0.4, -0.2) is 29.4 Å². The second kappa shape index (κ2) is 7.48. The molecule has 18 heavy (non-hydrogen) atoms. The normalized spacial score (nSPS) is 14.2. The average molecular weight is 273 g/mol. The van der Waals surface area contributed by atoms with Gasteiger partial charge in [-0.3, -0.25) is 4.21 Å². The summed E-state index contributed by atoms with van der Waals surface area (Å²) in [5.74, 6) is 1.48. The van der Waals surface area contributed by atoms with Crippen molar-refractivity contribution in [2.75, 3.05) is 25.2 Å². The lowest BCUT2D eigenvalue weighted by Crippen LogP contribution is -2.25. The summed E-state index contributed by atoms with van der Waals surface area (Å²) in [4.78, 5) is 0. The summed E-state index contributed by atoms with van der Waals surface area (Å²) >= 11 is 0. The van der Waals surface area contributed by atoms with E-state index in [9.17, 15) is 8.60 Å². The Kier molecular flexibility index (Phi) is 6.29. The van der Waals surface area contributed by atoms with E-state index in [0.29, 0.717) is 29.4 Å². The molecule has 0 aliphatic carbocycles. The number of hydrogen-bond donors (Lipinski definition) is 1. The van der Waals surface area contributed by atoms with Gasteiger partial charge in [0.2, 0.25) is 0 Å². The van der Waals surface area contributed by atoms with Gasteiger partial charge >= 0.3 is 0 Å². The van der Waals surface area contributed by atoms with Crippen LogP contribution in [0.4, 0.5) is 4.39 Å². The van der Waals surface area contributed by atoms with Gasteiger partial charge in [0.05, 0.1) is 7.11 Å². The Bertz CT molecular complexity index is 412. The molecule has 3 nitrogen and oxygen atoms in total. The fourth-order valence-electron chi connectivity index (χ4n) is 1.75. The Balaban J connectivity index is 2.66. The van der Waals surface area contributed by atoms with Gasteiger partial charge < -0.3 is 10.1 Å². The summed E-state index contributed by atoms with van der Waals surface area (Å²) in [5, 5.41) is 3.17. The molecule has 0 amide bonds. The molecule has 1 aromatic carbocycles. The molecule has 1 rings (SSSR count). The Morgan fingerprint density at radius 1 is 1.50 bits per heavy atom. The lowest BCUT2D eigenvalue weighted by molar-refractivity contribution is 0.395. The van der Waals surface area contributed by atoms with Crippen LogP contribution in [0.2, 0.25) is 0 Å². The van der Waals surface area contributed by atoms with Crippen LogP contribution < -0.4 is 10.1 Å². The van der Waals surface area contributed by atoms with Gasteiger partial charge in [0.1, 0.15) is 11.6 Å².